The van der Waals surface area contributed by atoms with Gasteiger partial charge >= 0.3 is 5.97 Å². The van der Waals surface area contributed by atoms with Gasteiger partial charge in [0.05, 0.1) is 4.47 Å². The summed E-state index contributed by atoms with van der Waals surface area (Å²) in [6.07, 6.45) is 0.732. The number of hydrogen-bond donors (Lipinski definition) is 1. The zero-order valence-electron chi connectivity index (χ0n) is 9.41. The molecule has 1 heterocycles. The monoisotopic (exact) mass is 313 g/mol. The Kier molecular flexibility index (Phi) is 3.47. The summed E-state index contributed by atoms with van der Waals surface area (Å²) in [7, 11) is 0. The number of aromatic nitrogens is 1. The molecule has 4 nitrogen and oxygen atoms in total. The maximum absolute atomic E-state index is 13.9. The molecule has 0 saturated carbocycles. The van der Waals surface area contributed by atoms with Crippen molar-refractivity contribution in [3.05, 3.63) is 39.8 Å². The van der Waals surface area contributed by atoms with Crippen LogP contribution in [0.25, 0.3) is 11.3 Å². The number of carboxylic acids is 1. The maximum atomic E-state index is 13.9. The first-order valence-electron chi connectivity index (χ1n) is 5.21. The summed E-state index contributed by atoms with van der Waals surface area (Å²) >= 11 is 3.12. The van der Waals surface area contributed by atoms with Gasteiger partial charge in [-0.15, -0.1) is 0 Å². The minimum absolute atomic E-state index is 0.168. The highest BCUT2D eigenvalue weighted by molar-refractivity contribution is 9.10. The molecule has 0 aliphatic rings. The molecular formula is C12H9BrFNO3. The molecule has 0 fully saturated rings. The normalized spacial score (nSPS) is 10.6. The molecule has 0 aliphatic heterocycles. The van der Waals surface area contributed by atoms with Crippen LogP contribution in [0.5, 0.6) is 0 Å². The fourth-order valence-corrected chi connectivity index (χ4v) is 2.05. The van der Waals surface area contributed by atoms with Gasteiger partial charge in [0, 0.05) is 11.6 Å². The Labute approximate surface area is 111 Å². The van der Waals surface area contributed by atoms with E-state index in [-0.39, 0.29) is 17.0 Å². The smallest absolute Gasteiger partial charge is 0.374 e. The van der Waals surface area contributed by atoms with Crippen molar-refractivity contribution in [2.45, 2.75) is 13.3 Å². The highest BCUT2D eigenvalue weighted by atomic mass is 79.9. The number of halogens is 2. The molecule has 0 bridgehead atoms. The molecule has 0 radical (unpaired) electrons. The van der Waals surface area contributed by atoms with Gasteiger partial charge in [-0.05, 0) is 40.0 Å². The fraction of sp³-hybridized carbons (Fsp3) is 0.167. The lowest BCUT2D eigenvalue weighted by molar-refractivity contribution is 0.0652. The maximum Gasteiger partial charge on any atom is 0.374 e. The molecule has 0 amide bonds. The topological polar surface area (TPSA) is 63.3 Å². The van der Waals surface area contributed by atoms with Gasteiger partial charge in [-0.3, -0.25) is 0 Å². The largest absolute Gasteiger partial charge is 0.475 e. The SMILES string of the molecule is CCc1cc(Br)c(F)c(-c2cc(C(=O)O)on2)c1. The standard InChI is InChI=1S/C12H9BrFNO3/c1-2-6-3-7(11(14)8(13)4-6)9-5-10(12(16)17)18-15-9/h3-5H,2H2,1H3,(H,16,17). The van der Waals surface area contributed by atoms with Crippen molar-refractivity contribution in [2.24, 2.45) is 0 Å². The lowest BCUT2D eigenvalue weighted by Crippen LogP contribution is -1.92. The van der Waals surface area contributed by atoms with Crippen molar-refractivity contribution >= 4 is 21.9 Å². The lowest BCUT2D eigenvalue weighted by atomic mass is 10.1. The van der Waals surface area contributed by atoms with Crippen molar-refractivity contribution in [1.82, 2.24) is 5.16 Å². The number of rotatable bonds is 3. The van der Waals surface area contributed by atoms with Gasteiger partial charge in [-0.2, -0.15) is 0 Å². The number of aromatic carboxylic acids is 1. The molecule has 94 valence electrons. The zero-order chi connectivity index (χ0) is 13.3. The second-order valence-corrected chi connectivity index (χ2v) is 4.53. The molecular weight excluding hydrogens is 305 g/mol. The summed E-state index contributed by atoms with van der Waals surface area (Å²) in [5.41, 5.74) is 1.30. The van der Waals surface area contributed by atoms with Crippen LogP contribution in [0.1, 0.15) is 23.0 Å². The molecule has 2 rings (SSSR count). The Morgan fingerprint density at radius 1 is 1.50 bits per heavy atom. The number of benzene rings is 1. The van der Waals surface area contributed by atoms with Crippen molar-refractivity contribution in [3.8, 4) is 11.3 Å². The Morgan fingerprint density at radius 3 is 2.78 bits per heavy atom. The van der Waals surface area contributed by atoms with Crippen molar-refractivity contribution in [1.29, 1.82) is 0 Å². The van der Waals surface area contributed by atoms with Gasteiger partial charge in [0.15, 0.2) is 0 Å². The first kappa shape index (κ1) is 12.8. The van der Waals surface area contributed by atoms with Crippen LogP contribution < -0.4 is 0 Å². The van der Waals surface area contributed by atoms with Gasteiger partial charge < -0.3 is 9.63 Å². The van der Waals surface area contributed by atoms with Crippen LogP contribution in [0.4, 0.5) is 4.39 Å². The molecule has 1 aromatic heterocycles. The van der Waals surface area contributed by atoms with Gasteiger partial charge in [-0.1, -0.05) is 12.1 Å². The molecule has 0 spiro atoms. The number of aryl methyl sites for hydroxylation is 1. The minimum atomic E-state index is -1.24. The third-order valence-electron chi connectivity index (χ3n) is 2.49. The highest BCUT2D eigenvalue weighted by Crippen LogP contribution is 2.29. The summed E-state index contributed by atoms with van der Waals surface area (Å²) in [5, 5.41) is 12.3. The van der Waals surface area contributed by atoms with Crippen LogP contribution in [0.2, 0.25) is 0 Å². The van der Waals surface area contributed by atoms with E-state index in [9.17, 15) is 9.18 Å². The Bertz CT molecular complexity index is 609. The Morgan fingerprint density at radius 2 is 2.22 bits per heavy atom. The van der Waals surface area contributed by atoms with E-state index in [4.69, 9.17) is 5.11 Å². The van der Waals surface area contributed by atoms with Crippen LogP contribution in [-0.4, -0.2) is 16.2 Å². The summed E-state index contributed by atoms with van der Waals surface area (Å²) in [6, 6.07) is 4.51. The predicted molar refractivity (Wildman–Crippen MR) is 65.9 cm³/mol. The molecule has 2 aromatic rings. The molecule has 1 aromatic carbocycles. The van der Waals surface area contributed by atoms with E-state index in [0.29, 0.717) is 4.47 Å². The summed E-state index contributed by atoms with van der Waals surface area (Å²) in [4.78, 5) is 10.7. The Balaban J connectivity index is 2.55. The number of carbonyl (C=O) groups is 1. The number of hydrogen-bond acceptors (Lipinski definition) is 3. The van der Waals surface area contributed by atoms with E-state index < -0.39 is 11.8 Å². The first-order valence-corrected chi connectivity index (χ1v) is 6.00. The predicted octanol–water partition coefficient (Wildman–Crippen LogP) is 3.50. The Hall–Kier alpha value is -1.69. The van der Waals surface area contributed by atoms with E-state index in [0.717, 1.165) is 12.0 Å². The van der Waals surface area contributed by atoms with Crippen LogP contribution in [0, 0.1) is 5.82 Å². The van der Waals surface area contributed by atoms with Gasteiger partial charge in [0.1, 0.15) is 11.5 Å². The lowest BCUT2D eigenvalue weighted by Gasteiger charge is -2.04. The number of carboxylic acid groups (broad SMARTS) is 1. The third-order valence-corrected chi connectivity index (χ3v) is 3.07. The molecule has 0 aliphatic carbocycles. The minimum Gasteiger partial charge on any atom is -0.475 e. The summed E-state index contributed by atoms with van der Waals surface area (Å²) < 4.78 is 18.9. The summed E-state index contributed by atoms with van der Waals surface area (Å²) in [5.74, 6) is -2.04. The fourth-order valence-electron chi connectivity index (χ4n) is 1.54. The second kappa shape index (κ2) is 4.89. The van der Waals surface area contributed by atoms with Gasteiger partial charge in [0.25, 0.3) is 0 Å². The van der Waals surface area contributed by atoms with Gasteiger partial charge in [0.2, 0.25) is 5.76 Å². The van der Waals surface area contributed by atoms with Crippen LogP contribution >= 0.6 is 15.9 Å². The van der Waals surface area contributed by atoms with Crippen molar-refractivity contribution in [3.63, 3.8) is 0 Å². The van der Waals surface area contributed by atoms with E-state index in [1.165, 1.54) is 6.07 Å². The summed E-state index contributed by atoms with van der Waals surface area (Å²) in [6.45, 7) is 1.94. The molecule has 0 unspecified atom stereocenters. The van der Waals surface area contributed by atoms with Crippen LogP contribution in [-0.2, 0) is 6.42 Å². The molecule has 0 atom stereocenters. The first-order chi connectivity index (χ1) is 8.52. The molecule has 0 saturated heterocycles. The quantitative estimate of drug-likeness (QED) is 0.942. The second-order valence-electron chi connectivity index (χ2n) is 3.67. The average molecular weight is 314 g/mol. The third kappa shape index (κ3) is 2.28. The average Bonchev–Trinajstić information content (AvgIpc) is 2.82. The highest BCUT2D eigenvalue weighted by Gasteiger charge is 2.17. The zero-order valence-corrected chi connectivity index (χ0v) is 11.0. The van der Waals surface area contributed by atoms with E-state index >= 15 is 0 Å². The van der Waals surface area contributed by atoms with E-state index in [1.807, 2.05) is 6.92 Å². The van der Waals surface area contributed by atoms with Crippen molar-refractivity contribution in [2.75, 3.05) is 0 Å². The number of nitrogens with zero attached hydrogens (tertiary/aromatic N) is 1. The van der Waals surface area contributed by atoms with E-state index in [2.05, 4.69) is 25.6 Å². The van der Waals surface area contributed by atoms with E-state index in [1.54, 1.807) is 12.1 Å². The van der Waals surface area contributed by atoms with Crippen molar-refractivity contribution < 1.29 is 18.8 Å². The van der Waals surface area contributed by atoms with Crippen LogP contribution in [0.15, 0.2) is 27.2 Å². The molecule has 1 N–H and O–H groups in total. The molecule has 6 heteroatoms. The van der Waals surface area contributed by atoms with Gasteiger partial charge in [-0.25, -0.2) is 9.18 Å². The molecule has 18 heavy (non-hydrogen) atoms. The van der Waals surface area contributed by atoms with Crippen LogP contribution in [0.3, 0.4) is 0 Å².